The molecule has 0 aliphatic heterocycles. The Bertz CT molecular complexity index is 177. The summed E-state index contributed by atoms with van der Waals surface area (Å²) < 4.78 is 0. The van der Waals surface area contributed by atoms with E-state index in [4.69, 9.17) is 5.11 Å². The summed E-state index contributed by atoms with van der Waals surface area (Å²) in [4.78, 5) is 0. The van der Waals surface area contributed by atoms with Crippen LogP contribution >= 0.6 is 0 Å². The summed E-state index contributed by atoms with van der Waals surface area (Å²) in [6.07, 6.45) is 9.57. The number of hydrogen-bond donors (Lipinski definition) is 1. The lowest BCUT2D eigenvalue weighted by molar-refractivity contribution is 0.274. The summed E-state index contributed by atoms with van der Waals surface area (Å²) in [5.41, 5.74) is 0.264. The van der Waals surface area contributed by atoms with E-state index in [2.05, 4.69) is 38.2 Å². The summed E-state index contributed by atoms with van der Waals surface area (Å²) in [5, 5.41) is 8.88. The molecule has 0 fully saturated rings. The topological polar surface area (TPSA) is 20.2 Å². The lowest BCUT2D eigenvalue weighted by Crippen LogP contribution is -2.04. The second-order valence-corrected chi connectivity index (χ2v) is 3.83. The van der Waals surface area contributed by atoms with Crippen LogP contribution in [0.15, 0.2) is 24.3 Å². The summed E-state index contributed by atoms with van der Waals surface area (Å²) in [6.45, 7) is 4.63. The maximum absolute atomic E-state index is 8.88. The van der Waals surface area contributed by atoms with E-state index in [9.17, 15) is 0 Å². The lowest BCUT2D eigenvalue weighted by atomic mass is 9.90. The Morgan fingerprint density at radius 2 is 2.18 bits per heavy atom. The van der Waals surface area contributed by atoms with Crippen molar-refractivity contribution in [3.8, 4) is 0 Å². The average Bonchev–Trinajstić information content (AvgIpc) is 2.10. The third kappa shape index (κ3) is 2.51. The molecule has 0 radical (unpaired) electrons. The summed E-state index contributed by atoms with van der Waals surface area (Å²) in [6, 6.07) is 0. The van der Waals surface area contributed by atoms with Gasteiger partial charge >= 0.3 is 0 Å². The lowest BCUT2D eigenvalue weighted by Gasteiger charge is -2.15. The molecule has 1 atom stereocenters. The standard InChI is InChI=1S/C10H16O/c1-10(2)6-3-4-9(8-11)5-7-10/h3-5,7,9,11H,6,8H2,1-2H3. The van der Waals surface area contributed by atoms with Crippen LogP contribution in [0.3, 0.4) is 0 Å². The number of aliphatic hydroxyl groups is 1. The van der Waals surface area contributed by atoms with Crippen LogP contribution in [0.1, 0.15) is 20.3 Å². The number of hydrogen-bond acceptors (Lipinski definition) is 1. The van der Waals surface area contributed by atoms with Crippen molar-refractivity contribution in [2.75, 3.05) is 6.61 Å². The predicted octanol–water partition coefficient (Wildman–Crippen LogP) is 2.14. The van der Waals surface area contributed by atoms with Crippen LogP contribution in [0.25, 0.3) is 0 Å². The van der Waals surface area contributed by atoms with Gasteiger partial charge < -0.3 is 5.11 Å². The Morgan fingerprint density at radius 1 is 1.45 bits per heavy atom. The highest BCUT2D eigenvalue weighted by molar-refractivity contribution is 5.10. The van der Waals surface area contributed by atoms with Crippen LogP contribution in [-0.2, 0) is 0 Å². The summed E-state index contributed by atoms with van der Waals surface area (Å²) >= 11 is 0. The van der Waals surface area contributed by atoms with Crippen molar-refractivity contribution in [1.82, 2.24) is 0 Å². The minimum Gasteiger partial charge on any atom is -0.395 e. The van der Waals surface area contributed by atoms with Crippen LogP contribution in [0.5, 0.6) is 0 Å². The molecule has 0 spiro atoms. The van der Waals surface area contributed by atoms with Crippen LogP contribution in [0.4, 0.5) is 0 Å². The van der Waals surface area contributed by atoms with E-state index >= 15 is 0 Å². The van der Waals surface area contributed by atoms with Gasteiger partial charge in [-0.15, -0.1) is 0 Å². The van der Waals surface area contributed by atoms with Gasteiger partial charge in [-0.3, -0.25) is 0 Å². The van der Waals surface area contributed by atoms with E-state index in [-0.39, 0.29) is 17.9 Å². The number of rotatable bonds is 1. The molecule has 0 aromatic rings. The van der Waals surface area contributed by atoms with Gasteiger partial charge in [0.25, 0.3) is 0 Å². The van der Waals surface area contributed by atoms with Crippen LogP contribution < -0.4 is 0 Å². The van der Waals surface area contributed by atoms with Crippen molar-refractivity contribution in [2.45, 2.75) is 20.3 Å². The van der Waals surface area contributed by atoms with Crippen molar-refractivity contribution in [3.05, 3.63) is 24.3 Å². The first-order valence-electron chi connectivity index (χ1n) is 4.11. The van der Waals surface area contributed by atoms with Gasteiger partial charge in [0, 0.05) is 5.92 Å². The molecule has 1 heteroatoms. The van der Waals surface area contributed by atoms with E-state index < -0.39 is 0 Å². The van der Waals surface area contributed by atoms with Crippen molar-refractivity contribution >= 4 is 0 Å². The monoisotopic (exact) mass is 152 g/mol. The second-order valence-electron chi connectivity index (χ2n) is 3.83. The highest BCUT2D eigenvalue weighted by Crippen LogP contribution is 2.26. The Kier molecular flexibility index (Phi) is 2.50. The molecular weight excluding hydrogens is 136 g/mol. The molecule has 0 saturated heterocycles. The van der Waals surface area contributed by atoms with Gasteiger partial charge in [-0.05, 0) is 11.8 Å². The third-order valence-corrected chi connectivity index (χ3v) is 2.03. The van der Waals surface area contributed by atoms with E-state index in [1.165, 1.54) is 0 Å². The predicted molar refractivity (Wildman–Crippen MR) is 47.3 cm³/mol. The Morgan fingerprint density at radius 3 is 2.82 bits per heavy atom. The molecule has 0 bridgehead atoms. The number of aliphatic hydroxyl groups excluding tert-OH is 1. The molecule has 1 rings (SSSR count). The molecule has 1 aliphatic rings. The molecule has 62 valence electrons. The molecule has 1 aliphatic carbocycles. The van der Waals surface area contributed by atoms with Gasteiger partial charge in [0.2, 0.25) is 0 Å². The fourth-order valence-electron chi connectivity index (χ4n) is 1.18. The first-order valence-corrected chi connectivity index (χ1v) is 4.11. The first-order chi connectivity index (χ1) is 5.14. The van der Waals surface area contributed by atoms with Crippen LogP contribution in [0.2, 0.25) is 0 Å². The van der Waals surface area contributed by atoms with Crippen LogP contribution in [-0.4, -0.2) is 11.7 Å². The zero-order chi connectivity index (χ0) is 8.32. The maximum Gasteiger partial charge on any atom is 0.0528 e. The molecule has 1 unspecified atom stereocenters. The smallest absolute Gasteiger partial charge is 0.0528 e. The van der Waals surface area contributed by atoms with Crippen molar-refractivity contribution in [1.29, 1.82) is 0 Å². The first kappa shape index (κ1) is 8.54. The SMILES string of the molecule is CC1(C)C=CC(CO)C=CC1. The van der Waals surface area contributed by atoms with Gasteiger partial charge in [0.1, 0.15) is 0 Å². The number of allylic oxidation sites excluding steroid dienone is 2. The fraction of sp³-hybridized carbons (Fsp3) is 0.600. The fourth-order valence-corrected chi connectivity index (χ4v) is 1.18. The minimum atomic E-state index is 0.225. The molecule has 0 aromatic carbocycles. The summed E-state index contributed by atoms with van der Waals surface area (Å²) in [5.74, 6) is 0.233. The van der Waals surface area contributed by atoms with E-state index in [0.29, 0.717) is 0 Å². The highest BCUT2D eigenvalue weighted by atomic mass is 16.3. The van der Waals surface area contributed by atoms with Crippen molar-refractivity contribution in [2.24, 2.45) is 11.3 Å². The molecule has 0 aromatic heterocycles. The van der Waals surface area contributed by atoms with Gasteiger partial charge in [-0.25, -0.2) is 0 Å². The Hall–Kier alpha value is -0.560. The quantitative estimate of drug-likeness (QED) is 0.571. The zero-order valence-electron chi connectivity index (χ0n) is 7.25. The van der Waals surface area contributed by atoms with Crippen LogP contribution in [0, 0.1) is 11.3 Å². The molecule has 1 nitrogen and oxygen atoms in total. The normalized spacial score (nSPS) is 28.5. The van der Waals surface area contributed by atoms with Gasteiger partial charge in [-0.2, -0.15) is 0 Å². The third-order valence-electron chi connectivity index (χ3n) is 2.03. The minimum absolute atomic E-state index is 0.225. The van der Waals surface area contributed by atoms with Crippen molar-refractivity contribution in [3.63, 3.8) is 0 Å². The van der Waals surface area contributed by atoms with Gasteiger partial charge in [0.15, 0.2) is 0 Å². The molecule has 0 saturated carbocycles. The largest absolute Gasteiger partial charge is 0.395 e. The Labute approximate surface area is 68.4 Å². The zero-order valence-corrected chi connectivity index (χ0v) is 7.25. The van der Waals surface area contributed by atoms with E-state index in [1.807, 2.05) is 0 Å². The van der Waals surface area contributed by atoms with Gasteiger partial charge in [0.05, 0.1) is 6.61 Å². The molecule has 1 N–H and O–H groups in total. The Balaban J connectivity index is 2.69. The average molecular weight is 152 g/mol. The molecule has 11 heavy (non-hydrogen) atoms. The maximum atomic E-state index is 8.88. The summed E-state index contributed by atoms with van der Waals surface area (Å²) in [7, 11) is 0. The highest BCUT2D eigenvalue weighted by Gasteiger charge is 2.14. The van der Waals surface area contributed by atoms with Gasteiger partial charge in [-0.1, -0.05) is 38.2 Å². The van der Waals surface area contributed by atoms with E-state index in [1.54, 1.807) is 0 Å². The second kappa shape index (κ2) is 3.22. The van der Waals surface area contributed by atoms with Crippen molar-refractivity contribution < 1.29 is 5.11 Å². The molecule has 0 amide bonds. The van der Waals surface area contributed by atoms with E-state index in [0.717, 1.165) is 6.42 Å². The molecule has 0 heterocycles. The molecular formula is C10H16O.